The monoisotopic (exact) mass is 324 g/mol. The highest BCUT2D eigenvalue weighted by molar-refractivity contribution is 5.76. The van der Waals surface area contributed by atoms with E-state index >= 15 is 0 Å². The number of nitrogens with zero attached hydrogens (tertiary/aromatic N) is 2. The summed E-state index contributed by atoms with van der Waals surface area (Å²) in [5, 5.41) is 0. The molecule has 2 rings (SSSR count). The molecule has 3 heteroatoms. The van der Waals surface area contributed by atoms with Gasteiger partial charge in [0.05, 0.1) is 0 Å². The van der Waals surface area contributed by atoms with Crippen molar-refractivity contribution in [3.05, 3.63) is 47.8 Å². The van der Waals surface area contributed by atoms with Crippen molar-refractivity contribution in [1.29, 1.82) is 0 Å². The van der Waals surface area contributed by atoms with Crippen LogP contribution in [0.2, 0.25) is 0 Å². The van der Waals surface area contributed by atoms with Gasteiger partial charge in [-0.25, -0.2) is 9.97 Å². The number of aromatic nitrogens is 2. The standard InChI is InChI=1S/C21H28N2O/c1-2-3-4-5-6-7-8-9-10-19-15-22-21(23-16-19)20-13-11-18(17-24)12-14-20/h11-17H,2-10H2,1H3. The predicted octanol–water partition coefficient (Wildman–Crippen LogP) is 5.64. The first-order chi connectivity index (χ1) is 11.8. The number of hydrogen-bond donors (Lipinski definition) is 0. The topological polar surface area (TPSA) is 42.9 Å². The van der Waals surface area contributed by atoms with Crippen LogP contribution in [0.15, 0.2) is 36.7 Å². The SMILES string of the molecule is CCCCCCCCCCc1cnc(-c2ccc(C=O)cc2)nc1. The van der Waals surface area contributed by atoms with Crippen molar-refractivity contribution < 1.29 is 4.79 Å². The number of aryl methyl sites for hydroxylation is 1. The maximum atomic E-state index is 10.7. The van der Waals surface area contributed by atoms with Gasteiger partial charge in [-0.3, -0.25) is 4.79 Å². The van der Waals surface area contributed by atoms with Crippen LogP contribution in [0.4, 0.5) is 0 Å². The zero-order valence-corrected chi connectivity index (χ0v) is 14.7. The summed E-state index contributed by atoms with van der Waals surface area (Å²) in [4.78, 5) is 19.6. The average Bonchev–Trinajstić information content (AvgIpc) is 2.64. The number of rotatable bonds is 11. The van der Waals surface area contributed by atoms with Crippen LogP contribution in [-0.4, -0.2) is 16.3 Å². The molecule has 1 heterocycles. The van der Waals surface area contributed by atoms with Gasteiger partial charge in [-0.05, 0) is 18.4 Å². The molecule has 128 valence electrons. The van der Waals surface area contributed by atoms with Gasteiger partial charge in [0.1, 0.15) is 6.29 Å². The molecule has 0 unspecified atom stereocenters. The van der Waals surface area contributed by atoms with E-state index in [1.54, 1.807) is 12.1 Å². The molecule has 2 aromatic rings. The molecule has 0 amide bonds. The number of aldehydes is 1. The summed E-state index contributed by atoms with van der Waals surface area (Å²) in [5.74, 6) is 0.715. The van der Waals surface area contributed by atoms with Gasteiger partial charge in [0.25, 0.3) is 0 Å². The molecule has 0 bridgehead atoms. The Hall–Kier alpha value is -2.03. The molecule has 0 saturated heterocycles. The minimum Gasteiger partial charge on any atom is -0.298 e. The maximum Gasteiger partial charge on any atom is 0.159 e. The molecule has 0 radical (unpaired) electrons. The zero-order chi connectivity index (χ0) is 17.0. The molecular weight excluding hydrogens is 296 g/mol. The highest BCUT2D eigenvalue weighted by Gasteiger charge is 2.02. The minimum atomic E-state index is 0.671. The van der Waals surface area contributed by atoms with Crippen LogP contribution >= 0.6 is 0 Å². The van der Waals surface area contributed by atoms with Gasteiger partial charge >= 0.3 is 0 Å². The number of carbonyl (C=O) groups is 1. The summed E-state index contributed by atoms with van der Waals surface area (Å²) >= 11 is 0. The summed E-state index contributed by atoms with van der Waals surface area (Å²) in [7, 11) is 0. The fourth-order valence-corrected chi connectivity index (χ4v) is 2.81. The van der Waals surface area contributed by atoms with Crippen molar-refractivity contribution in [2.24, 2.45) is 0 Å². The van der Waals surface area contributed by atoms with Crippen LogP contribution in [0.3, 0.4) is 0 Å². The average molecular weight is 324 g/mol. The summed E-state index contributed by atoms with van der Waals surface area (Å²) < 4.78 is 0. The highest BCUT2D eigenvalue weighted by Crippen LogP contribution is 2.16. The van der Waals surface area contributed by atoms with Crippen molar-refractivity contribution in [3.8, 4) is 11.4 Å². The molecule has 3 nitrogen and oxygen atoms in total. The minimum absolute atomic E-state index is 0.671. The molecular formula is C21H28N2O. The van der Waals surface area contributed by atoms with Gasteiger partial charge in [-0.1, -0.05) is 76.1 Å². The highest BCUT2D eigenvalue weighted by atomic mass is 16.1. The number of carbonyl (C=O) groups excluding carboxylic acids is 1. The van der Waals surface area contributed by atoms with Crippen LogP contribution in [0, 0.1) is 0 Å². The molecule has 0 N–H and O–H groups in total. The van der Waals surface area contributed by atoms with Gasteiger partial charge in [0, 0.05) is 23.5 Å². The lowest BCUT2D eigenvalue weighted by Crippen LogP contribution is -1.93. The molecule has 0 atom stereocenters. The third kappa shape index (κ3) is 6.23. The fraction of sp³-hybridized carbons (Fsp3) is 0.476. The van der Waals surface area contributed by atoms with Crippen LogP contribution in [0.25, 0.3) is 11.4 Å². The first kappa shape index (κ1) is 18.3. The Morgan fingerprint density at radius 3 is 2.00 bits per heavy atom. The lowest BCUT2D eigenvalue weighted by atomic mass is 10.1. The molecule has 0 saturated carbocycles. The third-order valence-corrected chi connectivity index (χ3v) is 4.33. The lowest BCUT2D eigenvalue weighted by molar-refractivity contribution is 0.112. The van der Waals surface area contributed by atoms with Gasteiger partial charge in [-0.15, -0.1) is 0 Å². The van der Waals surface area contributed by atoms with Gasteiger partial charge < -0.3 is 0 Å². The van der Waals surface area contributed by atoms with E-state index < -0.39 is 0 Å². The largest absolute Gasteiger partial charge is 0.298 e. The Balaban J connectivity index is 1.71. The summed E-state index contributed by atoms with van der Waals surface area (Å²) in [6.45, 7) is 2.26. The molecule has 0 aliphatic carbocycles. The predicted molar refractivity (Wildman–Crippen MR) is 99.2 cm³/mol. The van der Waals surface area contributed by atoms with E-state index in [4.69, 9.17) is 0 Å². The number of hydrogen-bond acceptors (Lipinski definition) is 3. The Kier molecular flexibility index (Phi) is 8.16. The molecule has 1 aromatic heterocycles. The molecule has 0 aliphatic heterocycles. The third-order valence-electron chi connectivity index (χ3n) is 4.33. The summed E-state index contributed by atoms with van der Waals surface area (Å²) in [5.41, 5.74) is 2.82. The van der Waals surface area contributed by atoms with Crippen molar-refractivity contribution in [2.75, 3.05) is 0 Å². The first-order valence-electron chi connectivity index (χ1n) is 9.20. The molecule has 0 fully saturated rings. The summed E-state index contributed by atoms with van der Waals surface area (Å²) in [6.07, 6.45) is 16.4. The van der Waals surface area contributed by atoms with Crippen LogP contribution in [0.5, 0.6) is 0 Å². The second-order valence-corrected chi connectivity index (χ2v) is 6.38. The Bertz CT molecular complexity index is 590. The van der Waals surface area contributed by atoms with E-state index in [0.29, 0.717) is 11.4 Å². The van der Waals surface area contributed by atoms with Crippen molar-refractivity contribution in [1.82, 2.24) is 9.97 Å². The molecule has 1 aromatic carbocycles. The van der Waals surface area contributed by atoms with E-state index in [1.807, 2.05) is 24.5 Å². The van der Waals surface area contributed by atoms with E-state index in [9.17, 15) is 4.79 Å². The fourth-order valence-electron chi connectivity index (χ4n) is 2.81. The Morgan fingerprint density at radius 1 is 0.833 bits per heavy atom. The Labute approximate surface area is 145 Å². The molecule has 24 heavy (non-hydrogen) atoms. The first-order valence-corrected chi connectivity index (χ1v) is 9.20. The second kappa shape index (κ2) is 10.7. The summed E-state index contributed by atoms with van der Waals surface area (Å²) in [6, 6.07) is 7.36. The van der Waals surface area contributed by atoms with Gasteiger partial charge in [0.15, 0.2) is 5.82 Å². The van der Waals surface area contributed by atoms with E-state index in [0.717, 1.165) is 18.3 Å². The molecule has 0 spiro atoms. The van der Waals surface area contributed by atoms with E-state index in [1.165, 1.54) is 56.9 Å². The number of unbranched alkanes of at least 4 members (excludes halogenated alkanes) is 7. The van der Waals surface area contributed by atoms with Gasteiger partial charge in [-0.2, -0.15) is 0 Å². The smallest absolute Gasteiger partial charge is 0.159 e. The normalized spacial score (nSPS) is 10.7. The van der Waals surface area contributed by atoms with E-state index in [2.05, 4.69) is 16.9 Å². The lowest BCUT2D eigenvalue weighted by Gasteiger charge is -2.04. The quantitative estimate of drug-likeness (QED) is 0.397. The van der Waals surface area contributed by atoms with Crippen LogP contribution < -0.4 is 0 Å². The number of benzene rings is 1. The van der Waals surface area contributed by atoms with E-state index in [-0.39, 0.29) is 0 Å². The van der Waals surface area contributed by atoms with Crippen molar-refractivity contribution in [3.63, 3.8) is 0 Å². The molecule has 0 aliphatic rings. The second-order valence-electron chi connectivity index (χ2n) is 6.38. The van der Waals surface area contributed by atoms with Crippen molar-refractivity contribution in [2.45, 2.75) is 64.7 Å². The maximum absolute atomic E-state index is 10.7. The van der Waals surface area contributed by atoms with Crippen LogP contribution in [-0.2, 0) is 6.42 Å². The van der Waals surface area contributed by atoms with Crippen molar-refractivity contribution >= 4 is 6.29 Å². The zero-order valence-electron chi connectivity index (χ0n) is 14.7. The van der Waals surface area contributed by atoms with Crippen LogP contribution in [0.1, 0.15) is 74.2 Å². The van der Waals surface area contributed by atoms with Gasteiger partial charge in [0.2, 0.25) is 0 Å². The Morgan fingerprint density at radius 2 is 1.42 bits per heavy atom.